The summed E-state index contributed by atoms with van der Waals surface area (Å²) in [4.78, 5) is 11.3. The van der Waals surface area contributed by atoms with Gasteiger partial charge in [-0.1, -0.05) is 19.1 Å². The lowest BCUT2D eigenvalue weighted by Crippen LogP contribution is -2.26. The molecule has 3 heteroatoms. The Kier molecular flexibility index (Phi) is 4.83. The Morgan fingerprint density at radius 1 is 1.25 bits per heavy atom. The molecule has 0 aliphatic carbocycles. The number of rotatable bonds is 5. The summed E-state index contributed by atoms with van der Waals surface area (Å²) < 4.78 is 10.3. The second-order valence-corrected chi connectivity index (χ2v) is 3.51. The van der Waals surface area contributed by atoms with Crippen molar-refractivity contribution in [3.05, 3.63) is 29.8 Å². The van der Waals surface area contributed by atoms with Crippen LogP contribution in [-0.2, 0) is 16.0 Å². The molecule has 0 saturated heterocycles. The van der Waals surface area contributed by atoms with Crippen LogP contribution in [0.5, 0.6) is 5.75 Å². The van der Waals surface area contributed by atoms with Gasteiger partial charge in [-0.25, -0.2) is 4.79 Å². The summed E-state index contributed by atoms with van der Waals surface area (Å²) in [6.07, 6.45) is 0.431. The van der Waals surface area contributed by atoms with Gasteiger partial charge in [-0.2, -0.15) is 0 Å². The summed E-state index contributed by atoms with van der Waals surface area (Å²) in [7, 11) is 0. The molecule has 0 amide bonds. The van der Waals surface area contributed by atoms with Gasteiger partial charge in [-0.05, 0) is 38.0 Å². The fraction of sp³-hybridized carbons (Fsp3) is 0.462. The molecule has 16 heavy (non-hydrogen) atoms. The van der Waals surface area contributed by atoms with Crippen molar-refractivity contribution in [2.75, 3.05) is 6.61 Å². The van der Waals surface area contributed by atoms with Gasteiger partial charge in [0.2, 0.25) is 0 Å². The largest absolute Gasteiger partial charge is 0.479 e. The molecule has 1 aromatic rings. The summed E-state index contributed by atoms with van der Waals surface area (Å²) in [6.45, 7) is 5.94. The van der Waals surface area contributed by atoms with Crippen LogP contribution in [0.15, 0.2) is 24.3 Å². The van der Waals surface area contributed by atoms with Crippen molar-refractivity contribution in [2.24, 2.45) is 0 Å². The highest BCUT2D eigenvalue weighted by molar-refractivity contribution is 5.74. The molecule has 0 N–H and O–H groups in total. The molecule has 88 valence electrons. The monoisotopic (exact) mass is 222 g/mol. The Bertz CT molecular complexity index is 330. The third kappa shape index (κ3) is 3.57. The Morgan fingerprint density at radius 3 is 2.38 bits per heavy atom. The lowest BCUT2D eigenvalue weighted by molar-refractivity contribution is -0.150. The van der Waals surface area contributed by atoms with E-state index in [4.69, 9.17) is 9.47 Å². The fourth-order valence-corrected chi connectivity index (χ4v) is 1.32. The molecule has 1 atom stereocenters. The maximum absolute atomic E-state index is 11.3. The van der Waals surface area contributed by atoms with E-state index < -0.39 is 6.10 Å². The molecule has 1 unspecified atom stereocenters. The Balaban J connectivity index is 2.55. The minimum atomic E-state index is -0.563. The third-order valence-electron chi connectivity index (χ3n) is 2.26. The van der Waals surface area contributed by atoms with Gasteiger partial charge < -0.3 is 9.47 Å². The predicted octanol–water partition coefficient (Wildman–Crippen LogP) is 2.58. The zero-order valence-electron chi connectivity index (χ0n) is 10.0. The second-order valence-electron chi connectivity index (χ2n) is 3.51. The molecule has 0 spiro atoms. The van der Waals surface area contributed by atoms with Gasteiger partial charge in [0, 0.05) is 0 Å². The van der Waals surface area contributed by atoms with Gasteiger partial charge in [-0.3, -0.25) is 0 Å². The minimum absolute atomic E-state index is 0.331. The molecule has 0 bridgehead atoms. The van der Waals surface area contributed by atoms with Crippen molar-refractivity contribution in [2.45, 2.75) is 33.3 Å². The number of hydrogen-bond donors (Lipinski definition) is 0. The smallest absolute Gasteiger partial charge is 0.347 e. The maximum Gasteiger partial charge on any atom is 0.347 e. The lowest BCUT2D eigenvalue weighted by atomic mass is 10.2. The van der Waals surface area contributed by atoms with Crippen LogP contribution in [0.3, 0.4) is 0 Å². The SMILES string of the molecule is CCOC(=O)C(C)Oc1ccc(CC)cc1. The molecule has 0 saturated carbocycles. The number of benzene rings is 1. The Morgan fingerprint density at radius 2 is 1.88 bits per heavy atom. The van der Waals surface area contributed by atoms with Crippen LogP contribution in [0.4, 0.5) is 0 Å². The normalized spacial score (nSPS) is 11.9. The van der Waals surface area contributed by atoms with Crippen molar-refractivity contribution < 1.29 is 14.3 Å². The second kappa shape index (κ2) is 6.16. The molecular formula is C13H18O3. The van der Waals surface area contributed by atoms with E-state index in [0.29, 0.717) is 12.4 Å². The third-order valence-corrected chi connectivity index (χ3v) is 2.26. The number of aryl methyl sites for hydroxylation is 1. The minimum Gasteiger partial charge on any atom is -0.479 e. The molecule has 1 rings (SSSR count). The quantitative estimate of drug-likeness (QED) is 0.718. The summed E-state index contributed by atoms with van der Waals surface area (Å²) in [5.74, 6) is 0.361. The molecule has 0 aliphatic rings. The van der Waals surface area contributed by atoms with Crippen LogP contribution >= 0.6 is 0 Å². The van der Waals surface area contributed by atoms with E-state index >= 15 is 0 Å². The zero-order valence-corrected chi connectivity index (χ0v) is 10.0. The molecule has 0 heterocycles. The van der Waals surface area contributed by atoms with Crippen LogP contribution in [-0.4, -0.2) is 18.7 Å². The van der Waals surface area contributed by atoms with Crippen molar-refractivity contribution in [3.63, 3.8) is 0 Å². The maximum atomic E-state index is 11.3. The molecule has 0 aliphatic heterocycles. The summed E-state index contributed by atoms with van der Waals surface area (Å²) >= 11 is 0. The van der Waals surface area contributed by atoms with Gasteiger partial charge in [0.05, 0.1) is 6.61 Å². The van der Waals surface area contributed by atoms with E-state index in [1.54, 1.807) is 13.8 Å². The van der Waals surface area contributed by atoms with E-state index in [-0.39, 0.29) is 5.97 Å². The zero-order chi connectivity index (χ0) is 12.0. The van der Waals surface area contributed by atoms with Gasteiger partial charge in [0.15, 0.2) is 6.10 Å². The van der Waals surface area contributed by atoms with Gasteiger partial charge >= 0.3 is 5.97 Å². The average Bonchev–Trinajstić information content (AvgIpc) is 2.30. The first-order chi connectivity index (χ1) is 7.67. The first-order valence-corrected chi connectivity index (χ1v) is 5.59. The fourth-order valence-electron chi connectivity index (χ4n) is 1.32. The van der Waals surface area contributed by atoms with Crippen LogP contribution in [0, 0.1) is 0 Å². The Hall–Kier alpha value is -1.51. The molecule has 0 aromatic heterocycles. The summed E-state index contributed by atoms with van der Waals surface area (Å²) in [5.41, 5.74) is 1.25. The van der Waals surface area contributed by atoms with Crippen LogP contribution in [0.25, 0.3) is 0 Å². The molecule has 3 nitrogen and oxygen atoms in total. The van der Waals surface area contributed by atoms with Crippen molar-refractivity contribution in [1.29, 1.82) is 0 Å². The number of hydrogen-bond acceptors (Lipinski definition) is 3. The van der Waals surface area contributed by atoms with Crippen LogP contribution in [0.1, 0.15) is 26.3 Å². The van der Waals surface area contributed by atoms with E-state index in [2.05, 4.69) is 6.92 Å². The number of carbonyl (C=O) groups excluding carboxylic acids is 1. The standard InChI is InChI=1S/C13H18O3/c1-4-11-6-8-12(9-7-11)16-10(3)13(14)15-5-2/h6-10H,4-5H2,1-3H3. The average molecular weight is 222 g/mol. The first kappa shape index (κ1) is 12.6. The lowest BCUT2D eigenvalue weighted by Gasteiger charge is -2.13. The highest BCUT2D eigenvalue weighted by Crippen LogP contribution is 2.14. The number of esters is 1. The summed E-state index contributed by atoms with van der Waals surface area (Å²) in [6, 6.07) is 7.73. The highest BCUT2D eigenvalue weighted by Gasteiger charge is 2.15. The molecule has 0 fully saturated rings. The van der Waals surface area contributed by atoms with Crippen molar-refractivity contribution in [3.8, 4) is 5.75 Å². The van der Waals surface area contributed by atoms with Gasteiger partial charge in [-0.15, -0.1) is 0 Å². The molecule has 1 aromatic carbocycles. The van der Waals surface area contributed by atoms with Gasteiger partial charge in [0.1, 0.15) is 5.75 Å². The van der Waals surface area contributed by atoms with Crippen LogP contribution < -0.4 is 4.74 Å². The van der Waals surface area contributed by atoms with E-state index in [9.17, 15) is 4.79 Å². The van der Waals surface area contributed by atoms with Gasteiger partial charge in [0.25, 0.3) is 0 Å². The van der Waals surface area contributed by atoms with Crippen molar-refractivity contribution in [1.82, 2.24) is 0 Å². The Labute approximate surface area is 96.4 Å². The topological polar surface area (TPSA) is 35.5 Å². The van der Waals surface area contributed by atoms with E-state index in [1.165, 1.54) is 5.56 Å². The molecular weight excluding hydrogens is 204 g/mol. The number of ether oxygens (including phenoxy) is 2. The first-order valence-electron chi connectivity index (χ1n) is 5.59. The number of carbonyl (C=O) groups is 1. The van der Waals surface area contributed by atoms with Crippen LogP contribution in [0.2, 0.25) is 0 Å². The van der Waals surface area contributed by atoms with Crippen molar-refractivity contribution >= 4 is 5.97 Å². The predicted molar refractivity (Wildman–Crippen MR) is 62.5 cm³/mol. The highest BCUT2D eigenvalue weighted by atomic mass is 16.6. The molecule has 0 radical (unpaired) electrons. The summed E-state index contributed by atoms with van der Waals surface area (Å²) in [5, 5.41) is 0. The van der Waals surface area contributed by atoms with E-state index in [0.717, 1.165) is 6.42 Å². The van der Waals surface area contributed by atoms with E-state index in [1.807, 2.05) is 24.3 Å².